The fourth-order valence-electron chi connectivity index (χ4n) is 3.13. The molecule has 0 bridgehead atoms. The Morgan fingerprint density at radius 3 is 2.83 bits per heavy atom. The van der Waals surface area contributed by atoms with Crippen molar-refractivity contribution in [3.63, 3.8) is 0 Å². The van der Waals surface area contributed by atoms with Crippen LogP contribution in [0.25, 0.3) is 0 Å². The van der Waals surface area contributed by atoms with E-state index in [1.165, 1.54) is 5.56 Å². The van der Waals surface area contributed by atoms with Gasteiger partial charge in [0.05, 0.1) is 0 Å². The van der Waals surface area contributed by atoms with Crippen molar-refractivity contribution in [2.24, 2.45) is 0 Å². The molecule has 1 heterocycles. The maximum absolute atomic E-state index is 11.8. The van der Waals surface area contributed by atoms with E-state index in [9.17, 15) is 9.59 Å². The predicted octanol–water partition coefficient (Wildman–Crippen LogP) is 2.01. The second-order valence-corrected chi connectivity index (χ2v) is 7.46. The van der Waals surface area contributed by atoms with Gasteiger partial charge in [0.2, 0.25) is 5.56 Å². The highest BCUT2D eigenvalue weighted by molar-refractivity contribution is 5.68. The highest BCUT2D eigenvalue weighted by atomic mass is 16.6. The third-order valence-electron chi connectivity index (χ3n) is 4.24. The number of hydrogen-bond acceptors (Lipinski definition) is 4. The molecule has 6 nitrogen and oxygen atoms in total. The number of aryl methyl sites for hydroxylation is 1. The SMILES string of the molecule is CC(C)(C)OC(=O)NC1CC1NC1CCCc2[nH]c(=O)ccc21. The van der Waals surface area contributed by atoms with Gasteiger partial charge < -0.3 is 20.4 Å². The minimum atomic E-state index is -0.476. The zero-order valence-corrected chi connectivity index (χ0v) is 13.9. The first-order valence-corrected chi connectivity index (χ1v) is 8.29. The maximum Gasteiger partial charge on any atom is 0.407 e. The number of aromatic nitrogens is 1. The third-order valence-corrected chi connectivity index (χ3v) is 4.24. The summed E-state index contributed by atoms with van der Waals surface area (Å²) >= 11 is 0. The van der Waals surface area contributed by atoms with Crippen LogP contribution in [0.5, 0.6) is 0 Å². The smallest absolute Gasteiger partial charge is 0.407 e. The van der Waals surface area contributed by atoms with Crippen molar-refractivity contribution >= 4 is 6.09 Å². The predicted molar refractivity (Wildman–Crippen MR) is 87.4 cm³/mol. The normalized spacial score (nSPS) is 26.3. The van der Waals surface area contributed by atoms with Crippen LogP contribution in [0.2, 0.25) is 0 Å². The average molecular weight is 319 g/mol. The molecule has 1 fully saturated rings. The molecule has 0 aliphatic heterocycles. The summed E-state index contributed by atoms with van der Waals surface area (Å²) in [7, 11) is 0. The first-order chi connectivity index (χ1) is 10.8. The van der Waals surface area contributed by atoms with E-state index in [1.807, 2.05) is 26.8 Å². The summed E-state index contributed by atoms with van der Waals surface area (Å²) in [4.78, 5) is 26.1. The number of fused-ring (bicyclic) bond motifs is 1. The van der Waals surface area contributed by atoms with Crippen molar-refractivity contribution in [1.82, 2.24) is 15.6 Å². The number of carbonyl (C=O) groups is 1. The van der Waals surface area contributed by atoms with Crippen molar-refractivity contribution in [1.29, 1.82) is 0 Å². The first kappa shape index (κ1) is 16.1. The number of ether oxygens (including phenoxy) is 1. The quantitative estimate of drug-likeness (QED) is 0.796. The molecule has 1 saturated carbocycles. The summed E-state index contributed by atoms with van der Waals surface area (Å²) in [5.74, 6) is 0. The van der Waals surface area contributed by atoms with Crippen molar-refractivity contribution in [3.05, 3.63) is 33.7 Å². The van der Waals surface area contributed by atoms with Crippen LogP contribution in [0.1, 0.15) is 57.3 Å². The Balaban J connectivity index is 1.55. The number of carbonyl (C=O) groups excluding carboxylic acids is 1. The van der Waals surface area contributed by atoms with Gasteiger partial charge in [-0.3, -0.25) is 4.79 Å². The van der Waals surface area contributed by atoms with Gasteiger partial charge in [0.25, 0.3) is 0 Å². The minimum absolute atomic E-state index is 0.0414. The van der Waals surface area contributed by atoms with Crippen LogP contribution in [0, 0.1) is 0 Å². The molecule has 23 heavy (non-hydrogen) atoms. The molecule has 126 valence electrons. The number of aromatic amines is 1. The van der Waals surface area contributed by atoms with Gasteiger partial charge in [-0.15, -0.1) is 0 Å². The number of nitrogens with one attached hydrogen (secondary N) is 3. The standard InChI is InChI=1S/C17H25N3O3/c1-17(2,3)23-16(22)20-14-9-13(14)18-11-5-4-6-12-10(11)7-8-15(21)19-12/h7-8,11,13-14,18H,4-6,9H2,1-3H3,(H,19,21)(H,20,22). The molecular weight excluding hydrogens is 294 g/mol. The molecule has 0 aromatic carbocycles. The summed E-state index contributed by atoms with van der Waals surface area (Å²) in [6.45, 7) is 5.57. The van der Waals surface area contributed by atoms with Gasteiger partial charge in [-0.1, -0.05) is 6.07 Å². The van der Waals surface area contributed by atoms with Crippen molar-refractivity contribution in [2.45, 2.75) is 70.2 Å². The van der Waals surface area contributed by atoms with Gasteiger partial charge in [0.1, 0.15) is 5.60 Å². The van der Waals surface area contributed by atoms with Gasteiger partial charge in [-0.25, -0.2) is 4.79 Å². The Bertz CT molecular complexity index is 647. The van der Waals surface area contributed by atoms with Gasteiger partial charge in [-0.05, 0) is 52.0 Å². The first-order valence-electron chi connectivity index (χ1n) is 8.29. The summed E-state index contributed by atoms with van der Waals surface area (Å²) in [5.41, 5.74) is 1.70. The lowest BCUT2D eigenvalue weighted by molar-refractivity contribution is 0.0521. The van der Waals surface area contributed by atoms with Gasteiger partial charge in [0.15, 0.2) is 0 Å². The Morgan fingerprint density at radius 2 is 2.09 bits per heavy atom. The average Bonchev–Trinajstić information content (AvgIpc) is 3.14. The van der Waals surface area contributed by atoms with E-state index in [2.05, 4.69) is 15.6 Å². The molecule has 2 aliphatic carbocycles. The topological polar surface area (TPSA) is 83.2 Å². The van der Waals surface area contributed by atoms with E-state index in [1.54, 1.807) is 6.07 Å². The molecule has 1 aromatic rings. The highest BCUT2D eigenvalue weighted by Gasteiger charge is 2.41. The largest absolute Gasteiger partial charge is 0.444 e. The molecule has 1 amide bonds. The van der Waals surface area contributed by atoms with Crippen molar-refractivity contribution < 1.29 is 9.53 Å². The molecule has 0 radical (unpaired) electrons. The fraction of sp³-hybridized carbons (Fsp3) is 0.647. The zero-order chi connectivity index (χ0) is 16.6. The minimum Gasteiger partial charge on any atom is -0.444 e. The number of alkyl carbamates (subject to hydrolysis) is 1. The van der Waals surface area contributed by atoms with Gasteiger partial charge in [0, 0.05) is 29.9 Å². The number of H-pyrrole nitrogens is 1. The van der Waals surface area contributed by atoms with Crippen LogP contribution < -0.4 is 16.2 Å². The summed E-state index contributed by atoms with van der Waals surface area (Å²) in [5, 5.41) is 6.50. The van der Waals surface area contributed by atoms with E-state index < -0.39 is 5.60 Å². The third kappa shape index (κ3) is 4.13. The van der Waals surface area contributed by atoms with Crippen LogP contribution in [0.3, 0.4) is 0 Å². The van der Waals surface area contributed by atoms with Crippen molar-refractivity contribution in [3.8, 4) is 0 Å². The summed E-state index contributed by atoms with van der Waals surface area (Å²) < 4.78 is 5.28. The molecule has 3 rings (SSSR count). The van der Waals surface area contributed by atoms with Gasteiger partial charge >= 0.3 is 6.09 Å². The molecule has 2 aliphatic rings. The van der Waals surface area contributed by atoms with E-state index in [-0.39, 0.29) is 29.8 Å². The van der Waals surface area contributed by atoms with Crippen molar-refractivity contribution in [2.75, 3.05) is 0 Å². The fourth-order valence-corrected chi connectivity index (χ4v) is 3.13. The lowest BCUT2D eigenvalue weighted by atomic mass is 9.91. The highest BCUT2D eigenvalue weighted by Crippen LogP contribution is 2.32. The van der Waals surface area contributed by atoms with Gasteiger partial charge in [-0.2, -0.15) is 0 Å². The van der Waals surface area contributed by atoms with Crippen LogP contribution in [0.4, 0.5) is 4.79 Å². The zero-order valence-electron chi connectivity index (χ0n) is 13.9. The second kappa shape index (κ2) is 6.00. The maximum atomic E-state index is 11.8. The summed E-state index contributed by atoms with van der Waals surface area (Å²) in [6, 6.07) is 4.14. The summed E-state index contributed by atoms with van der Waals surface area (Å²) in [6.07, 6.45) is 3.58. The molecule has 1 aromatic heterocycles. The molecule has 3 N–H and O–H groups in total. The number of pyridine rings is 1. The Kier molecular flexibility index (Phi) is 4.19. The second-order valence-electron chi connectivity index (χ2n) is 7.46. The number of hydrogen-bond donors (Lipinski definition) is 3. The Hall–Kier alpha value is -1.82. The van der Waals surface area contributed by atoms with Crippen LogP contribution in [-0.4, -0.2) is 28.8 Å². The number of amides is 1. The lowest BCUT2D eigenvalue weighted by Gasteiger charge is -2.26. The van der Waals surface area contributed by atoms with E-state index in [0.717, 1.165) is 31.4 Å². The Morgan fingerprint density at radius 1 is 1.30 bits per heavy atom. The van der Waals surface area contributed by atoms with E-state index in [4.69, 9.17) is 4.74 Å². The molecular formula is C17H25N3O3. The van der Waals surface area contributed by atoms with Crippen LogP contribution >= 0.6 is 0 Å². The van der Waals surface area contributed by atoms with Crippen LogP contribution in [-0.2, 0) is 11.2 Å². The monoisotopic (exact) mass is 319 g/mol. The molecule has 0 saturated heterocycles. The van der Waals surface area contributed by atoms with Crippen LogP contribution in [0.15, 0.2) is 16.9 Å². The van der Waals surface area contributed by atoms with E-state index >= 15 is 0 Å². The molecule has 3 atom stereocenters. The molecule has 0 spiro atoms. The number of rotatable bonds is 3. The molecule has 6 heteroatoms. The lowest BCUT2D eigenvalue weighted by Crippen LogP contribution is -2.38. The molecule has 3 unspecified atom stereocenters. The Labute approximate surface area is 136 Å². The van der Waals surface area contributed by atoms with E-state index in [0.29, 0.717) is 0 Å².